The highest BCUT2D eigenvalue weighted by atomic mass is 79.9. The monoisotopic (exact) mass is 351 g/mol. The number of rotatable bonds is 2. The Hall–Kier alpha value is -1.42. The molecule has 0 heterocycles. The minimum atomic E-state index is -0.469. The minimum absolute atomic E-state index is 0.0382. The maximum absolute atomic E-state index is 14.1. The molecule has 0 fully saturated rings. The average molecular weight is 352 g/mol. The summed E-state index contributed by atoms with van der Waals surface area (Å²) in [5.41, 5.74) is 2.56. The van der Waals surface area contributed by atoms with Crippen LogP contribution in [0.3, 0.4) is 0 Å². The highest BCUT2D eigenvalue weighted by molar-refractivity contribution is 9.10. The van der Waals surface area contributed by atoms with Gasteiger partial charge in [-0.3, -0.25) is 0 Å². The highest BCUT2D eigenvalue weighted by Crippen LogP contribution is 2.47. The van der Waals surface area contributed by atoms with Crippen molar-refractivity contribution in [2.75, 3.05) is 5.32 Å². The molecule has 1 aliphatic carbocycles. The van der Waals surface area contributed by atoms with Crippen LogP contribution in [0.15, 0.2) is 40.9 Å². The van der Waals surface area contributed by atoms with Gasteiger partial charge < -0.3 is 5.32 Å². The van der Waals surface area contributed by atoms with E-state index >= 15 is 0 Å². The van der Waals surface area contributed by atoms with Crippen molar-refractivity contribution in [2.45, 2.75) is 26.3 Å². The molecule has 21 heavy (non-hydrogen) atoms. The topological polar surface area (TPSA) is 12.0 Å². The number of anilines is 1. The molecule has 1 unspecified atom stereocenters. The van der Waals surface area contributed by atoms with E-state index in [-0.39, 0.29) is 21.6 Å². The van der Waals surface area contributed by atoms with Crippen LogP contribution in [0.5, 0.6) is 0 Å². The van der Waals surface area contributed by atoms with Gasteiger partial charge in [0, 0.05) is 6.07 Å². The lowest BCUT2D eigenvalue weighted by molar-refractivity contribution is 0.336. The average Bonchev–Trinajstić information content (AvgIpc) is 2.67. The Balaban J connectivity index is 1.99. The Bertz CT molecular complexity index is 697. The predicted octanol–water partition coefficient (Wildman–Crippen LogP) is 5.46. The molecule has 0 saturated heterocycles. The second-order valence-corrected chi connectivity index (χ2v) is 7.04. The van der Waals surface area contributed by atoms with E-state index in [0.29, 0.717) is 0 Å². The molecule has 1 nitrogen and oxygen atoms in total. The van der Waals surface area contributed by atoms with Gasteiger partial charge in [-0.25, -0.2) is 8.78 Å². The second-order valence-electron chi connectivity index (χ2n) is 6.19. The summed E-state index contributed by atoms with van der Waals surface area (Å²) >= 11 is 3.00. The van der Waals surface area contributed by atoms with E-state index in [1.54, 1.807) is 0 Å². The Morgan fingerprint density at radius 1 is 1.14 bits per heavy atom. The highest BCUT2D eigenvalue weighted by Gasteiger charge is 2.39. The first-order chi connectivity index (χ1) is 9.88. The Labute approximate surface area is 131 Å². The third-order valence-corrected chi connectivity index (χ3v) is 4.71. The quantitative estimate of drug-likeness (QED) is 0.708. The first-order valence-corrected chi connectivity index (χ1v) is 7.67. The van der Waals surface area contributed by atoms with Gasteiger partial charge in [0.1, 0.15) is 11.6 Å². The third kappa shape index (κ3) is 2.57. The van der Waals surface area contributed by atoms with Crippen molar-refractivity contribution in [1.29, 1.82) is 0 Å². The summed E-state index contributed by atoms with van der Waals surface area (Å²) in [5, 5.41) is 3.19. The fourth-order valence-corrected chi connectivity index (χ4v) is 3.37. The van der Waals surface area contributed by atoms with E-state index < -0.39 is 11.6 Å². The van der Waals surface area contributed by atoms with Crippen molar-refractivity contribution in [1.82, 2.24) is 0 Å². The van der Waals surface area contributed by atoms with Crippen LogP contribution < -0.4 is 5.32 Å². The third-order valence-electron chi connectivity index (χ3n) is 4.10. The van der Waals surface area contributed by atoms with Crippen molar-refractivity contribution < 1.29 is 8.78 Å². The van der Waals surface area contributed by atoms with Crippen LogP contribution in [0.2, 0.25) is 0 Å². The molecule has 0 spiro atoms. The first-order valence-electron chi connectivity index (χ1n) is 6.87. The number of fused-ring (bicyclic) bond motifs is 1. The summed E-state index contributed by atoms with van der Waals surface area (Å²) in [6.07, 6.45) is 0.918. The van der Waals surface area contributed by atoms with Crippen LogP contribution in [-0.4, -0.2) is 0 Å². The molecule has 0 aliphatic heterocycles. The summed E-state index contributed by atoms with van der Waals surface area (Å²) in [6, 6.07) is 10.5. The van der Waals surface area contributed by atoms with Gasteiger partial charge in [-0.2, -0.15) is 0 Å². The summed E-state index contributed by atoms with van der Waals surface area (Å²) in [5.74, 6) is -0.925. The molecule has 2 aromatic rings. The molecule has 1 atom stereocenters. The fourth-order valence-electron chi connectivity index (χ4n) is 3.05. The first kappa shape index (κ1) is 14.5. The van der Waals surface area contributed by atoms with Crippen LogP contribution >= 0.6 is 15.9 Å². The normalized spacial score (nSPS) is 19.4. The molecule has 0 aromatic heterocycles. The smallest absolute Gasteiger partial charge is 0.147 e. The van der Waals surface area contributed by atoms with Crippen LogP contribution in [0.1, 0.15) is 31.0 Å². The lowest BCUT2D eigenvalue weighted by Gasteiger charge is -2.29. The van der Waals surface area contributed by atoms with Gasteiger partial charge >= 0.3 is 0 Å². The van der Waals surface area contributed by atoms with E-state index in [1.807, 2.05) is 12.1 Å². The van der Waals surface area contributed by atoms with Crippen molar-refractivity contribution in [2.24, 2.45) is 5.41 Å². The van der Waals surface area contributed by atoms with Crippen molar-refractivity contribution >= 4 is 21.6 Å². The molecule has 3 rings (SSSR count). The molecule has 0 radical (unpaired) electrons. The van der Waals surface area contributed by atoms with E-state index in [2.05, 4.69) is 47.2 Å². The molecular formula is C17H16BrF2N. The van der Waals surface area contributed by atoms with Gasteiger partial charge in [-0.05, 0) is 45.0 Å². The zero-order valence-electron chi connectivity index (χ0n) is 11.9. The molecule has 2 aromatic carbocycles. The van der Waals surface area contributed by atoms with Gasteiger partial charge in [0.25, 0.3) is 0 Å². The van der Waals surface area contributed by atoms with Crippen LogP contribution in [0.25, 0.3) is 0 Å². The van der Waals surface area contributed by atoms with Crippen LogP contribution in [0.4, 0.5) is 14.5 Å². The summed E-state index contributed by atoms with van der Waals surface area (Å²) in [4.78, 5) is 0. The van der Waals surface area contributed by atoms with E-state index in [1.165, 1.54) is 11.6 Å². The Morgan fingerprint density at radius 3 is 2.62 bits per heavy atom. The number of halogens is 3. The summed E-state index contributed by atoms with van der Waals surface area (Å²) < 4.78 is 27.9. The second kappa shape index (κ2) is 5.09. The van der Waals surface area contributed by atoms with Crippen molar-refractivity contribution in [3.63, 3.8) is 0 Å². The van der Waals surface area contributed by atoms with Crippen molar-refractivity contribution in [3.05, 3.63) is 63.6 Å². The van der Waals surface area contributed by atoms with E-state index in [9.17, 15) is 8.78 Å². The molecule has 1 N–H and O–H groups in total. The predicted molar refractivity (Wildman–Crippen MR) is 84.3 cm³/mol. The maximum atomic E-state index is 14.1. The van der Waals surface area contributed by atoms with Gasteiger partial charge in [0.05, 0.1) is 16.2 Å². The van der Waals surface area contributed by atoms with Gasteiger partial charge in [0.2, 0.25) is 0 Å². The van der Waals surface area contributed by atoms with Crippen molar-refractivity contribution in [3.8, 4) is 0 Å². The lowest BCUT2D eigenvalue weighted by atomic mass is 9.85. The van der Waals surface area contributed by atoms with Gasteiger partial charge in [-0.1, -0.05) is 38.1 Å². The van der Waals surface area contributed by atoms with E-state index in [0.717, 1.165) is 18.1 Å². The lowest BCUT2D eigenvalue weighted by Crippen LogP contribution is -2.25. The molecule has 4 heteroatoms. The van der Waals surface area contributed by atoms with E-state index in [4.69, 9.17) is 0 Å². The number of hydrogen-bond acceptors (Lipinski definition) is 1. The molecule has 0 saturated carbocycles. The summed E-state index contributed by atoms with van der Waals surface area (Å²) in [7, 11) is 0. The minimum Gasteiger partial charge on any atom is -0.375 e. The summed E-state index contributed by atoms with van der Waals surface area (Å²) in [6.45, 7) is 4.27. The molecular weight excluding hydrogens is 336 g/mol. The molecule has 0 bridgehead atoms. The molecule has 1 aliphatic rings. The zero-order valence-corrected chi connectivity index (χ0v) is 13.5. The maximum Gasteiger partial charge on any atom is 0.147 e. The Kier molecular flexibility index (Phi) is 3.52. The standard InChI is InChI=1S/C17H16BrF2N/c1-17(2)9-10-5-3-4-6-11(10)16(17)21-15-8-13(19)12(18)7-14(15)20/h3-8,16,21H,9H2,1-2H3. The van der Waals surface area contributed by atoms with Crippen LogP contribution in [-0.2, 0) is 6.42 Å². The number of nitrogens with one attached hydrogen (secondary N) is 1. The largest absolute Gasteiger partial charge is 0.375 e. The number of benzene rings is 2. The number of hydrogen-bond donors (Lipinski definition) is 1. The Morgan fingerprint density at radius 2 is 1.86 bits per heavy atom. The van der Waals surface area contributed by atoms with Gasteiger partial charge in [-0.15, -0.1) is 0 Å². The zero-order chi connectivity index (χ0) is 15.2. The van der Waals surface area contributed by atoms with Gasteiger partial charge in [0.15, 0.2) is 0 Å². The van der Waals surface area contributed by atoms with Crippen LogP contribution in [0, 0.1) is 17.0 Å². The SMILES string of the molecule is CC1(C)Cc2ccccc2C1Nc1cc(F)c(Br)cc1F. The fraction of sp³-hybridized carbons (Fsp3) is 0.294. The molecule has 110 valence electrons. The molecule has 0 amide bonds.